The Labute approximate surface area is 153 Å². The Morgan fingerprint density at radius 1 is 1.00 bits per heavy atom. The minimum absolute atomic E-state index is 0.122. The molecule has 7 nitrogen and oxygen atoms in total. The summed E-state index contributed by atoms with van der Waals surface area (Å²) in [6, 6.07) is 9.89. The van der Waals surface area contributed by atoms with Crippen LogP contribution in [0.15, 0.2) is 48.8 Å². The molecular weight excluding hydrogens is 330 g/mol. The second kappa shape index (κ2) is 10.1. The van der Waals surface area contributed by atoms with Crippen LogP contribution in [0.3, 0.4) is 0 Å². The SMILES string of the molecule is CCN(CC)CCNC(=O)c1ccc(NC(=O)Nc2cccnc2)cc1. The monoisotopic (exact) mass is 355 g/mol. The number of carbonyl (C=O) groups excluding carboxylic acids is 2. The molecule has 0 atom stereocenters. The summed E-state index contributed by atoms with van der Waals surface area (Å²) in [4.78, 5) is 30.2. The molecule has 3 N–H and O–H groups in total. The number of anilines is 2. The first kappa shape index (κ1) is 19.4. The smallest absolute Gasteiger partial charge is 0.323 e. The van der Waals surface area contributed by atoms with Gasteiger partial charge in [-0.1, -0.05) is 13.8 Å². The molecule has 2 rings (SSSR count). The van der Waals surface area contributed by atoms with Crippen molar-refractivity contribution in [2.45, 2.75) is 13.8 Å². The molecule has 0 saturated heterocycles. The van der Waals surface area contributed by atoms with E-state index in [1.807, 2.05) is 0 Å². The molecular formula is C19H25N5O2. The first-order valence-electron chi connectivity index (χ1n) is 8.71. The minimum atomic E-state index is -0.366. The minimum Gasteiger partial charge on any atom is -0.351 e. The molecule has 1 aromatic heterocycles. The number of nitrogens with one attached hydrogen (secondary N) is 3. The molecule has 2 aromatic rings. The molecule has 1 aromatic carbocycles. The number of carbonyl (C=O) groups is 2. The number of nitrogens with zero attached hydrogens (tertiary/aromatic N) is 2. The molecule has 0 radical (unpaired) electrons. The summed E-state index contributed by atoms with van der Waals surface area (Å²) < 4.78 is 0. The molecule has 0 saturated carbocycles. The first-order valence-corrected chi connectivity index (χ1v) is 8.71. The molecule has 0 unspecified atom stereocenters. The number of hydrogen-bond acceptors (Lipinski definition) is 4. The van der Waals surface area contributed by atoms with Gasteiger partial charge in [0.1, 0.15) is 0 Å². The maximum absolute atomic E-state index is 12.1. The number of pyridine rings is 1. The van der Waals surface area contributed by atoms with Crippen molar-refractivity contribution in [2.75, 3.05) is 36.8 Å². The number of rotatable bonds is 8. The highest BCUT2D eigenvalue weighted by atomic mass is 16.2. The fraction of sp³-hybridized carbons (Fsp3) is 0.316. The Morgan fingerprint density at radius 3 is 2.31 bits per heavy atom. The van der Waals surface area contributed by atoms with Gasteiger partial charge in [0.25, 0.3) is 5.91 Å². The number of aromatic nitrogens is 1. The second-order valence-electron chi connectivity index (χ2n) is 5.68. The molecule has 138 valence electrons. The maximum atomic E-state index is 12.1. The molecule has 0 bridgehead atoms. The van der Waals surface area contributed by atoms with Crippen LogP contribution in [0.2, 0.25) is 0 Å². The van der Waals surface area contributed by atoms with Gasteiger partial charge in [0.15, 0.2) is 0 Å². The van der Waals surface area contributed by atoms with E-state index in [4.69, 9.17) is 0 Å². The molecule has 26 heavy (non-hydrogen) atoms. The quantitative estimate of drug-likeness (QED) is 0.680. The third-order valence-corrected chi connectivity index (χ3v) is 3.93. The van der Waals surface area contributed by atoms with Crippen LogP contribution >= 0.6 is 0 Å². The predicted molar refractivity (Wildman–Crippen MR) is 103 cm³/mol. The largest absolute Gasteiger partial charge is 0.351 e. The highest BCUT2D eigenvalue weighted by molar-refractivity contribution is 6.00. The Hall–Kier alpha value is -2.93. The Balaban J connectivity index is 1.81. The van der Waals surface area contributed by atoms with Crippen molar-refractivity contribution in [2.24, 2.45) is 0 Å². The van der Waals surface area contributed by atoms with Crippen LogP contribution in [0.1, 0.15) is 24.2 Å². The van der Waals surface area contributed by atoms with Gasteiger partial charge >= 0.3 is 6.03 Å². The number of likely N-dealkylation sites (N-methyl/N-ethyl adjacent to an activating group) is 1. The van der Waals surface area contributed by atoms with Crippen LogP contribution in [0.5, 0.6) is 0 Å². The van der Waals surface area contributed by atoms with Gasteiger partial charge in [-0.25, -0.2) is 4.79 Å². The van der Waals surface area contributed by atoms with E-state index in [-0.39, 0.29) is 11.9 Å². The van der Waals surface area contributed by atoms with Crippen molar-refractivity contribution >= 4 is 23.3 Å². The van der Waals surface area contributed by atoms with E-state index in [2.05, 4.69) is 39.7 Å². The molecule has 3 amide bonds. The summed E-state index contributed by atoms with van der Waals surface area (Å²) in [5.74, 6) is -0.122. The summed E-state index contributed by atoms with van der Waals surface area (Å²) in [6.07, 6.45) is 3.19. The lowest BCUT2D eigenvalue weighted by atomic mass is 10.2. The summed E-state index contributed by atoms with van der Waals surface area (Å²) in [6.45, 7) is 7.56. The lowest BCUT2D eigenvalue weighted by molar-refractivity contribution is 0.0949. The van der Waals surface area contributed by atoms with Crippen molar-refractivity contribution in [1.29, 1.82) is 0 Å². The van der Waals surface area contributed by atoms with E-state index in [1.54, 1.807) is 48.8 Å². The Bertz CT molecular complexity index is 700. The number of benzene rings is 1. The van der Waals surface area contributed by atoms with E-state index in [9.17, 15) is 9.59 Å². The van der Waals surface area contributed by atoms with E-state index in [1.165, 1.54) is 0 Å². The van der Waals surface area contributed by atoms with Gasteiger partial charge in [0.05, 0.1) is 11.9 Å². The average molecular weight is 355 g/mol. The van der Waals surface area contributed by atoms with Gasteiger partial charge in [-0.3, -0.25) is 9.78 Å². The van der Waals surface area contributed by atoms with Crippen LogP contribution < -0.4 is 16.0 Å². The summed E-state index contributed by atoms with van der Waals surface area (Å²) >= 11 is 0. The lowest BCUT2D eigenvalue weighted by Gasteiger charge is -2.18. The molecule has 0 aliphatic heterocycles. The fourth-order valence-corrected chi connectivity index (χ4v) is 2.40. The Morgan fingerprint density at radius 2 is 1.69 bits per heavy atom. The van der Waals surface area contributed by atoms with Gasteiger partial charge in [0, 0.05) is 30.5 Å². The number of amides is 3. The third-order valence-electron chi connectivity index (χ3n) is 3.93. The third kappa shape index (κ3) is 6.18. The summed E-state index contributed by atoms with van der Waals surface area (Å²) in [5.41, 5.74) is 1.77. The van der Waals surface area contributed by atoms with Crippen LogP contribution in [0.4, 0.5) is 16.2 Å². The van der Waals surface area contributed by atoms with Crippen molar-refractivity contribution in [1.82, 2.24) is 15.2 Å². The molecule has 0 aliphatic carbocycles. The van der Waals surface area contributed by atoms with Crippen molar-refractivity contribution in [3.63, 3.8) is 0 Å². The molecule has 0 aliphatic rings. The average Bonchev–Trinajstić information content (AvgIpc) is 2.66. The van der Waals surface area contributed by atoms with Crippen molar-refractivity contribution in [3.05, 3.63) is 54.4 Å². The zero-order valence-corrected chi connectivity index (χ0v) is 15.2. The normalized spacial score (nSPS) is 10.4. The van der Waals surface area contributed by atoms with Gasteiger partial charge < -0.3 is 20.9 Å². The zero-order chi connectivity index (χ0) is 18.8. The number of hydrogen-bond donors (Lipinski definition) is 3. The highest BCUT2D eigenvalue weighted by Crippen LogP contribution is 2.11. The van der Waals surface area contributed by atoms with E-state index in [0.29, 0.717) is 23.5 Å². The summed E-state index contributed by atoms with van der Waals surface area (Å²) in [5, 5.41) is 8.30. The van der Waals surface area contributed by atoms with Crippen molar-refractivity contribution < 1.29 is 9.59 Å². The van der Waals surface area contributed by atoms with Crippen LogP contribution in [0, 0.1) is 0 Å². The van der Waals surface area contributed by atoms with Gasteiger partial charge in [-0.2, -0.15) is 0 Å². The van der Waals surface area contributed by atoms with E-state index < -0.39 is 0 Å². The lowest BCUT2D eigenvalue weighted by Crippen LogP contribution is -2.34. The fourth-order valence-electron chi connectivity index (χ4n) is 2.40. The van der Waals surface area contributed by atoms with Crippen LogP contribution in [0.25, 0.3) is 0 Å². The molecule has 0 spiro atoms. The molecule has 0 fully saturated rings. The van der Waals surface area contributed by atoms with E-state index >= 15 is 0 Å². The number of urea groups is 1. The first-order chi connectivity index (χ1) is 12.6. The van der Waals surface area contributed by atoms with Crippen molar-refractivity contribution in [3.8, 4) is 0 Å². The topological polar surface area (TPSA) is 86.4 Å². The molecule has 1 heterocycles. The highest BCUT2D eigenvalue weighted by Gasteiger charge is 2.07. The summed E-state index contributed by atoms with van der Waals surface area (Å²) in [7, 11) is 0. The predicted octanol–water partition coefficient (Wildman–Crippen LogP) is 2.80. The Kier molecular flexibility index (Phi) is 7.57. The van der Waals surface area contributed by atoms with E-state index in [0.717, 1.165) is 19.6 Å². The van der Waals surface area contributed by atoms with Gasteiger partial charge in [-0.05, 0) is 49.5 Å². The zero-order valence-electron chi connectivity index (χ0n) is 15.2. The van der Waals surface area contributed by atoms with Crippen LogP contribution in [-0.4, -0.2) is 48.0 Å². The standard InChI is InChI=1S/C19H25N5O2/c1-3-24(4-2)13-12-21-18(25)15-7-9-16(10-8-15)22-19(26)23-17-6-5-11-20-14-17/h5-11,14H,3-4,12-13H2,1-2H3,(H,21,25)(H2,22,23,26). The van der Waals surface area contributed by atoms with Gasteiger partial charge in [0.2, 0.25) is 0 Å². The van der Waals surface area contributed by atoms with Crippen LogP contribution in [-0.2, 0) is 0 Å². The second-order valence-corrected chi connectivity index (χ2v) is 5.68. The molecule has 7 heteroatoms. The van der Waals surface area contributed by atoms with Gasteiger partial charge in [-0.15, -0.1) is 0 Å². The maximum Gasteiger partial charge on any atom is 0.323 e.